The van der Waals surface area contributed by atoms with Crippen molar-refractivity contribution >= 4 is 16.9 Å². The molecule has 1 saturated heterocycles. The second-order valence-electron chi connectivity index (χ2n) is 7.43. The van der Waals surface area contributed by atoms with Gasteiger partial charge in [0.2, 0.25) is 0 Å². The number of aliphatic imine (C=N–C) groups is 1. The second kappa shape index (κ2) is 11.1. The fourth-order valence-electron chi connectivity index (χ4n) is 3.73. The fraction of sp³-hybridized carbons (Fsp3) is 0.591. The van der Waals surface area contributed by atoms with Gasteiger partial charge in [-0.15, -0.1) is 0 Å². The third kappa shape index (κ3) is 5.97. The van der Waals surface area contributed by atoms with E-state index >= 15 is 0 Å². The van der Waals surface area contributed by atoms with Gasteiger partial charge in [-0.2, -0.15) is 0 Å². The number of aromatic nitrogens is 1. The van der Waals surface area contributed by atoms with Crippen molar-refractivity contribution in [1.82, 2.24) is 15.6 Å². The first-order valence-electron chi connectivity index (χ1n) is 10.4. The van der Waals surface area contributed by atoms with Crippen molar-refractivity contribution in [3.63, 3.8) is 0 Å². The summed E-state index contributed by atoms with van der Waals surface area (Å²) in [6.45, 7) is 7.27. The molecule has 6 heteroatoms. The van der Waals surface area contributed by atoms with E-state index in [1.54, 1.807) is 0 Å². The first-order chi connectivity index (χ1) is 13.8. The summed E-state index contributed by atoms with van der Waals surface area (Å²) in [7, 11) is 1.81. The molecule has 3 N–H and O–H groups in total. The van der Waals surface area contributed by atoms with Crippen molar-refractivity contribution in [3.05, 3.63) is 35.5 Å². The van der Waals surface area contributed by atoms with Crippen molar-refractivity contribution in [2.24, 2.45) is 10.9 Å². The van der Waals surface area contributed by atoms with Crippen LogP contribution in [0.1, 0.15) is 30.5 Å². The highest BCUT2D eigenvalue weighted by Crippen LogP contribution is 2.21. The Bertz CT molecular complexity index is 750. The maximum absolute atomic E-state index is 5.81. The monoisotopic (exact) mass is 386 g/mol. The lowest BCUT2D eigenvalue weighted by Gasteiger charge is -2.21. The van der Waals surface area contributed by atoms with Crippen LogP contribution in [-0.4, -0.2) is 57.5 Å². The van der Waals surface area contributed by atoms with Gasteiger partial charge in [-0.1, -0.05) is 18.2 Å². The predicted octanol–water partition coefficient (Wildman–Crippen LogP) is 3.02. The second-order valence-corrected chi connectivity index (χ2v) is 7.43. The smallest absolute Gasteiger partial charge is 0.190 e. The van der Waals surface area contributed by atoms with Crippen molar-refractivity contribution in [2.75, 3.05) is 46.6 Å². The summed E-state index contributed by atoms with van der Waals surface area (Å²) in [6.07, 6.45) is 4.20. The summed E-state index contributed by atoms with van der Waals surface area (Å²) in [5, 5.41) is 8.09. The van der Waals surface area contributed by atoms with Gasteiger partial charge >= 0.3 is 0 Å². The Morgan fingerprint density at radius 1 is 1.21 bits per heavy atom. The van der Waals surface area contributed by atoms with E-state index < -0.39 is 0 Å². The average molecular weight is 387 g/mol. The molecule has 154 valence electrons. The van der Waals surface area contributed by atoms with E-state index in [1.165, 1.54) is 22.2 Å². The Hall–Kier alpha value is -2.05. The van der Waals surface area contributed by atoms with Gasteiger partial charge in [-0.05, 0) is 50.2 Å². The lowest BCUT2D eigenvalue weighted by atomic mass is 10.0. The highest BCUT2D eigenvalue weighted by atomic mass is 16.5. The molecule has 0 atom stereocenters. The molecular formula is C22H34N4O2. The molecule has 1 aromatic carbocycles. The average Bonchev–Trinajstić information content (AvgIpc) is 3.05. The number of hydrogen-bond donors (Lipinski definition) is 3. The summed E-state index contributed by atoms with van der Waals surface area (Å²) in [6, 6.07) is 8.47. The van der Waals surface area contributed by atoms with Crippen LogP contribution in [0.3, 0.4) is 0 Å². The number of nitrogens with one attached hydrogen (secondary N) is 3. The number of rotatable bonds is 9. The maximum atomic E-state index is 5.81. The summed E-state index contributed by atoms with van der Waals surface area (Å²) >= 11 is 0. The van der Waals surface area contributed by atoms with Crippen LogP contribution in [0.15, 0.2) is 29.3 Å². The first-order valence-corrected chi connectivity index (χ1v) is 10.4. The Kier molecular flexibility index (Phi) is 8.18. The van der Waals surface area contributed by atoms with Gasteiger partial charge in [0.1, 0.15) is 0 Å². The zero-order valence-electron chi connectivity index (χ0n) is 17.2. The molecule has 2 aromatic rings. The number of benzene rings is 1. The number of guanidine groups is 1. The number of ether oxygens (including phenoxy) is 2. The molecule has 0 unspecified atom stereocenters. The Morgan fingerprint density at radius 2 is 2.00 bits per heavy atom. The van der Waals surface area contributed by atoms with Gasteiger partial charge in [-0.25, -0.2) is 0 Å². The molecule has 1 aliphatic rings. The van der Waals surface area contributed by atoms with Crippen LogP contribution in [0, 0.1) is 12.8 Å². The van der Waals surface area contributed by atoms with Crippen LogP contribution in [0.25, 0.3) is 10.9 Å². The quantitative estimate of drug-likeness (QED) is 0.352. The molecule has 0 radical (unpaired) electrons. The van der Waals surface area contributed by atoms with Crippen LogP contribution < -0.4 is 10.6 Å². The van der Waals surface area contributed by atoms with Gasteiger partial charge in [0, 0.05) is 63.2 Å². The molecule has 1 aliphatic heterocycles. The van der Waals surface area contributed by atoms with Gasteiger partial charge in [0.05, 0.1) is 0 Å². The molecule has 0 bridgehead atoms. The third-order valence-corrected chi connectivity index (χ3v) is 5.37. The number of hydrogen-bond acceptors (Lipinski definition) is 3. The van der Waals surface area contributed by atoms with Crippen molar-refractivity contribution in [2.45, 2.75) is 32.6 Å². The molecule has 2 heterocycles. The largest absolute Gasteiger partial charge is 0.381 e. The van der Waals surface area contributed by atoms with Crippen LogP contribution in [-0.2, 0) is 15.9 Å². The summed E-state index contributed by atoms with van der Waals surface area (Å²) in [5.41, 5.74) is 3.82. The van der Waals surface area contributed by atoms with E-state index in [4.69, 9.17) is 9.47 Å². The lowest BCUT2D eigenvalue weighted by molar-refractivity contribution is 0.0203. The SMILES string of the molecule is CN=C(NCCCOCC1CCOCC1)NCCc1c(C)[nH]c2ccccc12. The summed E-state index contributed by atoms with van der Waals surface area (Å²) in [4.78, 5) is 7.78. The van der Waals surface area contributed by atoms with E-state index in [0.717, 1.165) is 71.2 Å². The number of aromatic amines is 1. The highest BCUT2D eigenvalue weighted by molar-refractivity contribution is 5.84. The van der Waals surface area contributed by atoms with Crippen LogP contribution in [0.2, 0.25) is 0 Å². The van der Waals surface area contributed by atoms with Crippen LogP contribution in [0.5, 0.6) is 0 Å². The van der Waals surface area contributed by atoms with Gasteiger partial charge in [-0.3, -0.25) is 4.99 Å². The number of fused-ring (bicyclic) bond motifs is 1. The van der Waals surface area contributed by atoms with E-state index in [1.807, 2.05) is 7.05 Å². The Morgan fingerprint density at radius 3 is 2.82 bits per heavy atom. The predicted molar refractivity (Wildman–Crippen MR) is 115 cm³/mol. The third-order valence-electron chi connectivity index (χ3n) is 5.37. The molecule has 0 saturated carbocycles. The minimum Gasteiger partial charge on any atom is -0.381 e. The number of para-hydroxylation sites is 1. The molecule has 1 fully saturated rings. The standard InChI is InChI=1S/C22H34N4O2/c1-17-19(20-6-3-4-7-21(20)26-17)8-12-25-22(23-2)24-11-5-13-28-16-18-9-14-27-15-10-18/h3-4,6-7,18,26H,5,8-16H2,1-2H3,(H2,23,24,25). The molecule has 28 heavy (non-hydrogen) atoms. The normalized spacial score (nSPS) is 15.9. The molecule has 1 aromatic heterocycles. The Balaban J connectivity index is 1.30. The number of H-pyrrole nitrogens is 1. The van der Waals surface area contributed by atoms with Crippen LogP contribution in [0.4, 0.5) is 0 Å². The van der Waals surface area contributed by atoms with E-state index in [0.29, 0.717) is 5.92 Å². The van der Waals surface area contributed by atoms with E-state index in [9.17, 15) is 0 Å². The topological polar surface area (TPSA) is 70.7 Å². The van der Waals surface area contributed by atoms with E-state index in [2.05, 4.69) is 51.8 Å². The number of nitrogens with zero attached hydrogens (tertiary/aromatic N) is 1. The molecular weight excluding hydrogens is 352 g/mol. The summed E-state index contributed by atoms with van der Waals surface area (Å²) in [5.74, 6) is 1.52. The molecule has 0 spiro atoms. The van der Waals surface area contributed by atoms with Gasteiger partial charge in [0.25, 0.3) is 0 Å². The number of aryl methyl sites for hydroxylation is 1. The molecule has 6 nitrogen and oxygen atoms in total. The lowest BCUT2D eigenvalue weighted by Crippen LogP contribution is -2.39. The van der Waals surface area contributed by atoms with Crippen molar-refractivity contribution in [1.29, 1.82) is 0 Å². The van der Waals surface area contributed by atoms with Gasteiger partial charge in [0.15, 0.2) is 5.96 Å². The zero-order valence-corrected chi connectivity index (χ0v) is 17.2. The fourth-order valence-corrected chi connectivity index (χ4v) is 3.73. The minimum atomic E-state index is 0.670. The Labute approximate surface area is 168 Å². The summed E-state index contributed by atoms with van der Waals surface area (Å²) < 4.78 is 11.2. The van der Waals surface area contributed by atoms with Crippen LogP contribution >= 0.6 is 0 Å². The minimum absolute atomic E-state index is 0.670. The van der Waals surface area contributed by atoms with Crippen molar-refractivity contribution in [3.8, 4) is 0 Å². The highest BCUT2D eigenvalue weighted by Gasteiger charge is 2.13. The van der Waals surface area contributed by atoms with Gasteiger partial charge < -0.3 is 25.1 Å². The van der Waals surface area contributed by atoms with E-state index in [-0.39, 0.29) is 0 Å². The first kappa shape index (κ1) is 20.7. The molecule has 0 amide bonds. The molecule has 0 aliphatic carbocycles. The van der Waals surface area contributed by atoms with Crippen molar-refractivity contribution < 1.29 is 9.47 Å². The maximum Gasteiger partial charge on any atom is 0.190 e. The zero-order chi connectivity index (χ0) is 19.6. The molecule has 3 rings (SSSR count).